The molecule has 1 aliphatic heterocycles. The summed E-state index contributed by atoms with van der Waals surface area (Å²) < 4.78 is 0. The van der Waals surface area contributed by atoms with Gasteiger partial charge in [-0.05, 0) is 12.8 Å². The van der Waals surface area contributed by atoms with Gasteiger partial charge in [0.1, 0.15) is 0 Å². The minimum atomic E-state index is -0.224. The molecule has 0 radical (unpaired) electrons. The molecule has 0 aliphatic carbocycles. The first-order chi connectivity index (χ1) is 3.79. The maximum Gasteiger partial charge on any atom is 0.0994 e. The molecular formula is C5H10O2S. The van der Waals surface area contributed by atoms with Gasteiger partial charge in [-0.15, -0.1) is 11.8 Å². The van der Waals surface area contributed by atoms with Crippen molar-refractivity contribution in [1.29, 1.82) is 0 Å². The molecule has 1 aliphatic rings. The molecule has 48 valence electrons. The third-order valence-corrected chi connectivity index (χ3v) is 2.43. The van der Waals surface area contributed by atoms with E-state index < -0.39 is 0 Å². The monoisotopic (exact) mass is 134 g/mol. The predicted octanol–water partition coefficient (Wildman–Crippen LogP) is 0.193. The fourth-order valence-electron chi connectivity index (χ4n) is 0.724. The van der Waals surface area contributed by atoms with Crippen LogP contribution < -0.4 is 0 Å². The normalized spacial score (nSPS) is 39.8. The first kappa shape index (κ1) is 6.39. The quantitative estimate of drug-likeness (QED) is 0.497. The molecular weight excluding hydrogens is 124 g/mol. The van der Waals surface area contributed by atoms with E-state index >= 15 is 0 Å². The maximum atomic E-state index is 8.90. The van der Waals surface area contributed by atoms with Crippen LogP contribution in [0.3, 0.4) is 0 Å². The van der Waals surface area contributed by atoms with Gasteiger partial charge in [-0.2, -0.15) is 0 Å². The average molecular weight is 134 g/mol. The molecule has 0 spiro atoms. The lowest BCUT2D eigenvalue weighted by molar-refractivity contribution is 0.151. The minimum Gasteiger partial charge on any atom is -0.392 e. The van der Waals surface area contributed by atoms with E-state index in [1.807, 2.05) is 0 Å². The Morgan fingerprint density at radius 2 is 2.00 bits per heavy atom. The van der Waals surface area contributed by atoms with Gasteiger partial charge in [-0.3, -0.25) is 0 Å². The minimum absolute atomic E-state index is 0.177. The van der Waals surface area contributed by atoms with E-state index in [0.717, 1.165) is 12.8 Å². The lowest BCUT2D eigenvalue weighted by Crippen LogP contribution is -2.20. The van der Waals surface area contributed by atoms with Crippen LogP contribution in [0.5, 0.6) is 0 Å². The first-order valence-corrected chi connectivity index (χ1v) is 3.81. The lowest BCUT2D eigenvalue weighted by Gasteiger charge is -2.20. The number of aliphatic hydroxyl groups is 2. The second kappa shape index (κ2) is 2.71. The van der Waals surface area contributed by atoms with Crippen molar-refractivity contribution in [2.75, 3.05) is 5.75 Å². The molecule has 0 aromatic rings. The van der Waals surface area contributed by atoms with Gasteiger partial charge >= 0.3 is 0 Å². The summed E-state index contributed by atoms with van der Waals surface area (Å²) in [6.45, 7) is 0. The van der Waals surface area contributed by atoms with Gasteiger partial charge in [-0.25, -0.2) is 0 Å². The molecule has 1 heterocycles. The van der Waals surface area contributed by atoms with Crippen molar-refractivity contribution in [1.82, 2.24) is 0 Å². The van der Waals surface area contributed by atoms with E-state index in [-0.39, 0.29) is 11.5 Å². The molecule has 2 N–H and O–H groups in total. The van der Waals surface area contributed by atoms with Crippen molar-refractivity contribution in [2.24, 2.45) is 0 Å². The van der Waals surface area contributed by atoms with Gasteiger partial charge in [0.05, 0.1) is 11.5 Å². The molecule has 0 aromatic carbocycles. The van der Waals surface area contributed by atoms with Gasteiger partial charge in [0.25, 0.3) is 0 Å². The zero-order chi connectivity index (χ0) is 5.98. The van der Waals surface area contributed by atoms with Crippen LogP contribution in [0, 0.1) is 0 Å². The summed E-state index contributed by atoms with van der Waals surface area (Å²) in [6.07, 6.45) is 1.32. The zero-order valence-corrected chi connectivity index (χ0v) is 5.40. The van der Waals surface area contributed by atoms with Crippen LogP contribution in [0.4, 0.5) is 0 Å². The number of aliphatic hydroxyl groups excluding tert-OH is 2. The highest BCUT2D eigenvalue weighted by molar-refractivity contribution is 7.99. The van der Waals surface area contributed by atoms with Crippen molar-refractivity contribution >= 4 is 11.8 Å². The Morgan fingerprint density at radius 1 is 1.25 bits per heavy atom. The van der Waals surface area contributed by atoms with Gasteiger partial charge in [0.15, 0.2) is 0 Å². The Morgan fingerprint density at radius 3 is 2.38 bits per heavy atom. The van der Waals surface area contributed by atoms with Crippen LogP contribution in [0.1, 0.15) is 12.8 Å². The molecule has 1 saturated heterocycles. The largest absolute Gasteiger partial charge is 0.392 e. The van der Waals surface area contributed by atoms with Crippen molar-refractivity contribution in [3.63, 3.8) is 0 Å². The number of thioether (sulfide) groups is 1. The summed E-state index contributed by atoms with van der Waals surface area (Å²) in [7, 11) is 0. The third-order valence-electron chi connectivity index (χ3n) is 1.23. The molecule has 0 saturated carbocycles. The van der Waals surface area contributed by atoms with Gasteiger partial charge < -0.3 is 10.2 Å². The van der Waals surface area contributed by atoms with Crippen molar-refractivity contribution in [3.05, 3.63) is 0 Å². The van der Waals surface area contributed by atoms with E-state index in [2.05, 4.69) is 0 Å². The van der Waals surface area contributed by atoms with Crippen molar-refractivity contribution in [2.45, 2.75) is 24.4 Å². The topological polar surface area (TPSA) is 40.5 Å². The van der Waals surface area contributed by atoms with E-state index in [1.54, 1.807) is 0 Å². The Bertz CT molecular complexity index is 58.8. The van der Waals surface area contributed by atoms with E-state index in [9.17, 15) is 0 Å². The van der Waals surface area contributed by atoms with E-state index in [4.69, 9.17) is 10.2 Å². The number of hydrogen-bond acceptors (Lipinski definition) is 3. The second-order valence-electron chi connectivity index (χ2n) is 2.02. The summed E-state index contributed by atoms with van der Waals surface area (Å²) in [5.74, 6) is 0.696. The van der Waals surface area contributed by atoms with Gasteiger partial charge in [0.2, 0.25) is 0 Å². The highest BCUT2D eigenvalue weighted by Crippen LogP contribution is 2.22. The molecule has 1 rings (SSSR count). The molecule has 2 atom stereocenters. The maximum absolute atomic E-state index is 8.90. The Labute approximate surface area is 52.9 Å². The highest BCUT2D eigenvalue weighted by atomic mass is 32.2. The highest BCUT2D eigenvalue weighted by Gasteiger charge is 2.16. The molecule has 0 amide bonds. The summed E-state index contributed by atoms with van der Waals surface area (Å²) >= 11 is 1.43. The SMILES string of the molecule is OC1CCC(O)SC1. The molecule has 1 fully saturated rings. The van der Waals surface area contributed by atoms with Crippen LogP contribution in [0.25, 0.3) is 0 Å². The van der Waals surface area contributed by atoms with Crippen LogP contribution in [0.15, 0.2) is 0 Å². The van der Waals surface area contributed by atoms with Crippen LogP contribution in [0.2, 0.25) is 0 Å². The van der Waals surface area contributed by atoms with Crippen LogP contribution in [-0.4, -0.2) is 27.5 Å². The van der Waals surface area contributed by atoms with Gasteiger partial charge in [0, 0.05) is 5.75 Å². The molecule has 3 heteroatoms. The number of rotatable bonds is 0. The molecule has 2 unspecified atom stereocenters. The van der Waals surface area contributed by atoms with Crippen LogP contribution >= 0.6 is 11.8 Å². The lowest BCUT2D eigenvalue weighted by atomic mass is 10.2. The van der Waals surface area contributed by atoms with Crippen molar-refractivity contribution in [3.8, 4) is 0 Å². The fourth-order valence-corrected chi connectivity index (χ4v) is 1.64. The third kappa shape index (κ3) is 1.65. The summed E-state index contributed by atoms with van der Waals surface area (Å²) in [5, 5.41) is 17.8. The Balaban J connectivity index is 2.19. The second-order valence-corrected chi connectivity index (χ2v) is 3.23. The van der Waals surface area contributed by atoms with Crippen LogP contribution in [-0.2, 0) is 0 Å². The van der Waals surface area contributed by atoms with Crippen molar-refractivity contribution < 1.29 is 10.2 Å². The summed E-state index contributed by atoms with van der Waals surface area (Å²) in [4.78, 5) is 0. The predicted molar refractivity (Wildman–Crippen MR) is 33.7 cm³/mol. The smallest absolute Gasteiger partial charge is 0.0994 e. The standard InChI is InChI=1S/C5H10O2S/c6-4-1-2-5(7)8-3-4/h4-7H,1-3H2. The molecule has 2 nitrogen and oxygen atoms in total. The Kier molecular flexibility index (Phi) is 2.16. The summed E-state index contributed by atoms with van der Waals surface area (Å²) in [6, 6.07) is 0. The van der Waals surface area contributed by atoms with Gasteiger partial charge in [-0.1, -0.05) is 0 Å². The fraction of sp³-hybridized carbons (Fsp3) is 1.00. The summed E-state index contributed by atoms with van der Waals surface area (Å²) in [5.41, 5.74) is -0.224. The molecule has 0 bridgehead atoms. The zero-order valence-electron chi connectivity index (χ0n) is 4.58. The number of hydrogen-bond donors (Lipinski definition) is 2. The average Bonchev–Trinajstić information content (AvgIpc) is 1.77. The molecule has 8 heavy (non-hydrogen) atoms. The Hall–Kier alpha value is 0.270. The first-order valence-electron chi connectivity index (χ1n) is 2.77. The molecule has 0 aromatic heterocycles. The van der Waals surface area contributed by atoms with E-state index in [1.165, 1.54) is 11.8 Å². The van der Waals surface area contributed by atoms with E-state index in [0.29, 0.717) is 5.75 Å².